The van der Waals surface area contributed by atoms with Gasteiger partial charge in [-0.3, -0.25) is 5.41 Å². The maximum Gasteiger partial charge on any atom is 0.330 e. The number of hydrogen-bond acceptors (Lipinski definition) is 2. The van der Waals surface area contributed by atoms with E-state index in [1.54, 1.807) is 36.2 Å². The molecule has 1 aliphatic carbocycles. The molecule has 1 heterocycles. The number of hydrogen-bond donors (Lipinski definition) is 1. The first kappa shape index (κ1) is 12.5. The Morgan fingerprint density at radius 2 is 1.79 bits per heavy atom. The molecule has 2 fully saturated rings. The van der Waals surface area contributed by atoms with Crippen LogP contribution in [0.4, 0.5) is 10.5 Å². The van der Waals surface area contributed by atoms with Crippen molar-refractivity contribution in [3.05, 3.63) is 29.3 Å². The number of anilines is 1. The van der Waals surface area contributed by atoms with Crippen molar-refractivity contribution in [2.75, 3.05) is 11.9 Å². The lowest BCUT2D eigenvalue weighted by Gasteiger charge is -2.29. The van der Waals surface area contributed by atoms with Gasteiger partial charge in [0, 0.05) is 12.1 Å². The number of likely N-dealkylation sites (N-methyl/N-ethyl adjacent to an activating group) is 1. The number of nitrogens with zero attached hydrogens (tertiary/aromatic N) is 2. The molecule has 4 nitrogen and oxygen atoms in total. The van der Waals surface area contributed by atoms with Crippen LogP contribution in [-0.4, -0.2) is 29.4 Å². The van der Waals surface area contributed by atoms with E-state index < -0.39 is 5.54 Å². The van der Waals surface area contributed by atoms with Crippen LogP contribution in [0.5, 0.6) is 0 Å². The van der Waals surface area contributed by atoms with Gasteiger partial charge in [0.25, 0.3) is 0 Å². The number of urea groups is 1. The number of rotatable bonds is 1. The highest BCUT2D eigenvalue weighted by Crippen LogP contribution is 2.42. The molecule has 1 aromatic rings. The van der Waals surface area contributed by atoms with E-state index >= 15 is 0 Å². The summed E-state index contributed by atoms with van der Waals surface area (Å²) in [5, 5.41) is 9.06. The summed E-state index contributed by atoms with van der Waals surface area (Å²) in [4.78, 5) is 15.7. The quantitative estimate of drug-likeness (QED) is 0.839. The van der Waals surface area contributed by atoms with Crippen LogP contribution in [0.15, 0.2) is 24.3 Å². The molecule has 1 aromatic carbocycles. The second-order valence-corrected chi connectivity index (χ2v) is 5.68. The van der Waals surface area contributed by atoms with Gasteiger partial charge < -0.3 is 4.90 Å². The van der Waals surface area contributed by atoms with E-state index in [1.807, 2.05) is 0 Å². The normalized spacial score (nSPS) is 21.8. The predicted molar refractivity (Wildman–Crippen MR) is 76.0 cm³/mol. The SMILES string of the molecule is CN1C(=O)N(c2ccc(Cl)cc2)C(=N)C12CCCC2. The number of nitrogens with one attached hydrogen (secondary N) is 1. The van der Waals surface area contributed by atoms with Crippen molar-refractivity contribution >= 4 is 29.2 Å². The molecular weight excluding hydrogens is 262 g/mol. The van der Waals surface area contributed by atoms with Gasteiger partial charge in [-0.05, 0) is 37.1 Å². The highest BCUT2D eigenvalue weighted by atomic mass is 35.5. The summed E-state index contributed by atoms with van der Waals surface area (Å²) in [6.07, 6.45) is 3.93. The Morgan fingerprint density at radius 1 is 1.21 bits per heavy atom. The first-order valence-corrected chi connectivity index (χ1v) is 6.86. The molecule has 1 saturated heterocycles. The molecule has 0 bridgehead atoms. The van der Waals surface area contributed by atoms with Crippen molar-refractivity contribution in [3.63, 3.8) is 0 Å². The van der Waals surface area contributed by atoms with E-state index in [9.17, 15) is 4.79 Å². The van der Waals surface area contributed by atoms with Gasteiger partial charge in [0.05, 0.1) is 5.69 Å². The Morgan fingerprint density at radius 3 is 2.37 bits per heavy atom. The van der Waals surface area contributed by atoms with E-state index in [0.29, 0.717) is 10.9 Å². The minimum atomic E-state index is -0.392. The van der Waals surface area contributed by atoms with E-state index in [2.05, 4.69) is 0 Å². The maximum atomic E-state index is 12.4. The number of amides is 2. The zero-order valence-electron chi connectivity index (χ0n) is 10.8. The summed E-state index contributed by atoms with van der Waals surface area (Å²) in [5.41, 5.74) is 0.325. The van der Waals surface area contributed by atoms with E-state index in [1.165, 1.54) is 4.90 Å². The Bertz CT molecular complexity index is 534. The fourth-order valence-corrected chi connectivity index (χ4v) is 3.28. The Hall–Kier alpha value is -1.55. The molecule has 3 rings (SSSR count). The Kier molecular flexibility index (Phi) is 2.78. The molecule has 5 heteroatoms. The van der Waals surface area contributed by atoms with Crippen molar-refractivity contribution in [1.82, 2.24) is 4.90 Å². The lowest BCUT2D eigenvalue weighted by Crippen LogP contribution is -2.44. The Balaban J connectivity index is 2.01. The van der Waals surface area contributed by atoms with E-state index in [-0.39, 0.29) is 6.03 Å². The van der Waals surface area contributed by atoms with Crippen molar-refractivity contribution in [2.24, 2.45) is 0 Å². The average molecular weight is 278 g/mol. The zero-order chi connectivity index (χ0) is 13.6. The Labute approximate surface area is 117 Å². The van der Waals surface area contributed by atoms with Crippen molar-refractivity contribution in [2.45, 2.75) is 31.2 Å². The molecule has 0 aromatic heterocycles. The number of carbonyl (C=O) groups excluding carboxylic acids is 1. The summed E-state index contributed by atoms with van der Waals surface area (Å²) >= 11 is 5.87. The molecule has 2 aliphatic rings. The molecule has 1 saturated carbocycles. The molecule has 1 N–H and O–H groups in total. The van der Waals surface area contributed by atoms with Crippen LogP contribution in [-0.2, 0) is 0 Å². The van der Waals surface area contributed by atoms with Crippen LogP contribution in [0.1, 0.15) is 25.7 Å². The van der Waals surface area contributed by atoms with Gasteiger partial charge >= 0.3 is 6.03 Å². The minimum absolute atomic E-state index is 0.116. The van der Waals surface area contributed by atoms with E-state index in [4.69, 9.17) is 17.0 Å². The van der Waals surface area contributed by atoms with Crippen LogP contribution in [0, 0.1) is 5.41 Å². The van der Waals surface area contributed by atoms with Gasteiger partial charge in [0.1, 0.15) is 11.4 Å². The molecule has 0 atom stereocenters. The molecule has 1 spiro atoms. The standard InChI is InChI=1S/C14H16ClN3O/c1-17-13(19)18(11-6-4-10(15)5-7-11)12(16)14(17)8-2-3-9-14/h4-7,16H,2-3,8-9H2,1H3. The number of amidine groups is 1. The molecule has 0 radical (unpaired) electrons. The molecule has 2 amide bonds. The lowest BCUT2D eigenvalue weighted by molar-refractivity contribution is 0.195. The summed E-state index contributed by atoms with van der Waals surface area (Å²) in [5.74, 6) is 0.403. The third-order valence-electron chi connectivity index (χ3n) is 4.30. The topological polar surface area (TPSA) is 47.4 Å². The molecule has 19 heavy (non-hydrogen) atoms. The molecule has 0 unspecified atom stereocenters. The number of halogens is 1. The monoisotopic (exact) mass is 277 g/mol. The molecule has 100 valence electrons. The fourth-order valence-electron chi connectivity index (χ4n) is 3.16. The minimum Gasteiger partial charge on any atom is -0.314 e. The highest BCUT2D eigenvalue weighted by molar-refractivity contribution is 6.31. The van der Waals surface area contributed by atoms with Crippen LogP contribution < -0.4 is 4.90 Å². The summed E-state index contributed by atoms with van der Waals surface area (Å²) in [7, 11) is 1.80. The number of carbonyl (C=O) groups is 1. The van der Waals surface area contributed by atoms with Crippen LogP contribution in [0.2, 0.25) is 5.02 Å². The van der Waals surface area contributed by atoms with Gasteiger partial charge in [-0.25, -0.2) is 9.69 Å². The third kappa shape index (κ3) is 1.66. The van der Waals surface area contributed by atoms with Crippen LogP contribution in [0.3, 0.4) is 0 Å². The van der Waals surface area contributed by atoms with Gasteiger partial charge in [-0.2, -0.15) is 0 Å². The van der Waals surface area contributed by atoms with Crippen molar-refractivity contribution in [3.8, 4) is 0 Å². The second kappa shape index (κ2) is 4.23. The van der Waals surface area contributed by atoms with Gasteiger partial charge in [0.2, 0.25) is 0 Å². The third-order valence-corrected chi connectivity index (χ3v) is 4.55. The van der Waals surface area contributed by atoms with Crippen molar-refractivity contribution < 1.29 is 4.79 Å². The summed E-state index contributed by atoms with van der Waals surface area (Å²) in [6.45, 7) is 0. The van der Waals surface area contributed by atoms with Gasteiger partial charge in [0.15, 0.2) is 0 Å². The van der Waals surface area contributed by atoms with Crippen molar-refractivity contribution in [1.29, 1.82) is 5.41 Å². The lowest BCUT2D eigenvalue weighted by atomic mass is 9.95. The largest absolute Gasteiger partial charge is 0.330 e. The fraction of sp³-hybridized carbons (Fsp3) is 0.429. The average Bonchev–Trinajstić information content (AvgIpc) is 2.96. The van der Waals surface area contributed by atoms with Gasteiger partial charge in [-0.1, -0.05) is 24.4 Å². The van der Waals surface area contributed by atoms with E-state index in [0.717, 1.165) is 31.4 Å². The highest BCUT2D eigenvalue weighted by Gasteiger charge is 2.54. The zero-order valence-corrected chi connectivity index (χ0v) is 11.6. The second-order valence-electron chi connectivity index (χ2n) is 5.24. The van der Waals surface area contributed by atoms with Crippen LogP contribution in [0.25, 0.3) is 0 Å². The first-order valence-electron chi connectivity index (χ1n) is 6.49. The smallest absolute Gasteiger partial charge is 0.314 e. The molecular formula is C14H16ClN3O. The van der Waals surface area contributed by atoms with Gasteiger partial charge in [-0.15, -0.1) is 0 Å². The summed E-state index contributed by atoms with van der Waals surface area (Å²) < 4.78 is 0. The summed E-state index contributed by atoms with van der Waals surface area (Å²) in [6, 6.07) is 6.95. The van der Waals surface area contributed by atoms with Crippen LogP contribution >= 0.6 is 11.6 Å². The predicted octanol–water partition coefficient (Wildman–Crippen LogP) is 3.50. The maximum absolute atomic E-state index is 12.4. The molecule has 1 aliphatic heterocycles. The first-order chi connectivity index (χ1) is 9.06. The number of benzene rings is 1.